The van der Waals surface area contributed by atoms with E-state index in [0.29, 0.717) is 13.1 Å². The molecule has 0 aromatic heterocycles. The van der Waals surface area contributed by atoms with Crippen LogP contribution in [0.15, 0.2) is 91.0 Å². The molecule has 1 N–H and O–H groups in total. The summed E-state index contributed by atoms with van der Waals surface area (Å²) in [7, 11) is 3.36. The largest absolute Gasteiger partial charge is 0.497 e. The summed E-state index contributed by atoms with van der Waals surface area (Å²) in [6, 6.07) is 27.1. The molecule has 1 atom stereocenters. The number of carbonyl (C=O) groups is 1. The number of piperidine rings is 1. The minimum Gasteiger partial charge on any atom is -0.497 e. The molecule has 1 saturated heterocycles. The number of benzene rings is 3. The van der Waals surface area contributed by atoms with E-state index >= 15 is 0 Å². The Balaban J connectivity index is 1.75. The van der Waals surface area contributed by atoms with Crippen LogP contribution < -0.4 is 9.47 Å². The summed E-state index contributed by atoms with van der Waals surface area (Å²) in [4.78, 5) is 13.8. The minimum absolute atomic E-state index is 0.288. The first-order valence-corrected chi connectivity index (χ1v) is 12.5. The van der Waals surface area contributed by atoms with E-state index in [4.69, 9.17) is 9.47 Å². The summed E-state index contributed by atoms with van der Waals surface area (Å²) in [6.45, 7) is 2.23. The molecule has 36 heavy (non-hydrogen) atoms. The second-order valence-electron chi connectivity index (χ2n) is 9.43. The molecule has 0 saturated carbocycles. The number of carboxylic acid groups (broad SMARTS) is 1. The van der Waals surface area contributed by atoms with E-state index in [9.17, 15) is 9.90 Å². The maximum Gasteiger partial charge on any atom is 0.307 e. The van der Waals surface area contributed by atoms with E-state index in [2.05, 4.69) is 65.6 Å². The standard InChI is InChI=1S/C31H35NO4/c1-35-28-15-11-26(12-16-28)31(22-24-8-4-3-5-9-24,27-13-17-29(36-2)18-14-27)19-7-21-32-20-6-10-25(23-32)30(33)34/h3-5,7-9,11-19,25H,6,10,20-23H2,1-2H3,(H,33,34)/b19-7+. The van der Waals surface area contributed by atoms with Gasteiger partial charge in [-0.2, -0.15) is 0 Å². The summed E-state index contributed by atoms with van der Waals surface area (Å²) < 4.78 is 10.9. The van der Waals surface area contributed by atoms with Crippen molar-refractivity contribution in [2.24, 2.45) is 5.92 Å². The van der Waals surface area contributed by atoms with Crippen LogP contribution in [-0.4, -0.2) is 49.8 Å². The number of hydrogen-bond acceptors (Lipinski definition) is 4. The lowest BCUT2D eigenvalue weighted by Gasteiger charge is -2.34. The van der Waals surface area contributed by atoms with Gasteiger partial charge in [0.1, 0.15) is 11.5 Å². The number of likely N-dealkylation sites (tertiary alicyclic amines) is 1. The molecule has 4 rings (SSSR count). The normalized spacial score (nSPS) is 16.7. The summed E-state index contributed by atoms with van der Waals surface area (Å²) in [5.41, 5.74) is 3.13. The zero-order valence-corrected chi connectivity index (χ0v) is 21.1. The molecule has 0 aliphatic carbocycles. The lowest BCUT2D eigenvalue weighted by molar-refractivity contribution is -0.143. The summed E-state index contributed by atoms with van der Waals surface area (Å²) in [5, 5.41) is 9.49. The van der Waals surface area contributed by atoms with Gasteiger partial charge in [-0.15, -0.1) is 0 Å². The topological polar surface area (TPSA) is 59.0 Å². The monoisotopic (exact) mass is 485 g/mol. The van der Waals surface area contributed by atoms with E-state index in [-0.39, 0.29) is 5.92 Å². The van der Waals surface area contributed by atoms with Crippen LogP contribution in [0.4, 0.5) is 0 Å². The van der Waals surface area contributed by atoms with Crippen LogP contribution in [-0.2, 0) is 16.6 Å². The lowest BCUT2D eigenvalue weighted by Crippen LogP contribution is -2.39. The Hall–Kier alpha value is -3.57. The first kappa shape index (κ1) is 25.5. The SMILES string of the molecule is COc1ccc(C(/C=C/CN2CCCC(C(=O)O)C2)(Cc2ccccc2)c2ccc(OC)cc2)cc1. The zero-order valence-electron chi connectivity index (χ0n) is 21.1. The molecule has 3 aromatic rings. The second-order valence-corrected chi connectivity index (χ2v) is 9.43. The van der Waals surface area contributed by atoms with Crippen LogP contribution in [0.25, 0.3) is 0 Å². The smallest absolute Gasteiger partial charge is 0.307 e. The molecule has 3 aromatic carbocycles. The van der Waals surface area contributed by atoms with Gasteiger partial charge in [0.05, 0.1) is 20.1 Å². The molecule has 1 fully saturated rings. The Morgan fingerprint density at radius 2 is 1.53 bits per heavy atom. The van der Waals surface area contributed by atoms with Crippen molar-refractivity contribution < 1.29 is 19.4 Å². The maximum absolute atomic E-state index is 11.5. The first-order valence-electron chi connectivity index (χ1n) is 12.5. The third-order valence-electron chi connectivity index (χ3n) is 7.16. The predicted octanol–water partition coefficient (Wildman–Crippen LogP) is 5.59. The molecule has 188 valence electrons. The fraction of sp³-hybridized carbons (Fsp3) is 0.323. The number of allylic oxidation sites excluding steroid dienone is 1. The Labute approximate surface area is 214 Å². The summed E-state index contributed by atoms with van der Waals surface area (Å²) in [5.74, 6) is 0.654. The van der Waals surface area contributed by atoms with Crippen molar-refractivity contribution in [3.8, 4) is 11.5 Å². The molecule has 5 nitrogen and oxygen atoms in total. The van der Waals surface area contributed by atoms with Crippen molar-refractivity contribution in [2.75, 3.05) is 33.9 Å². The molecule has 1 unspecified atom stereocenters. The van der Waals surface area contributed by atoms with Gasteiger partial charge in [0.15, 0.2) is 0 Å². The number of ether oxygens (including phenoxy) is 2. The second kappa shape index (κ2) is 11.9. The van der Waals surface area contributed by atoms with Gasteiger partial charge in [-0.25, -0.2) is 0 Å². The van der Waals surface area contributed by atoms with Gasteiger partial charge in [0.2, 0.25) is 0 Å². The van der Waals surface area contributed by atoms with Crippen LogP contribution in [0.3, 0.4) is 0 Å². The van der Waals surface area contributed by atoms with Crippen molar-refractivity contribution >= 4 is 5.97 Å². The van der Waals surface area contributed by atoms with Crippen molar-refractivity contribution in [3.63, 3.8) is 0 Å². The van der Waals surface area contributed by atoms with Gasteiger partial charge in [-0.3, -0.25) is 9.69 Å². The molecular formula is C31H35NO4. The van der Waals surface area contributed by atoms with Crippen molar-refractivity contribution in [1.29, 1.82) is 0 Å². The summed E-state index contributed by atoms with van der Waals surface area (Å²) in [6.07, 6.45) is 6.96. The molecule has 0 bridgehead atoms. The minimum atomic E-state index is -0.696. The number of nitrogens with zero attached hydrogens (tertiary/aromatic N) is 1. The lowest BCUT2D eigenvalue weighted by atomic mass is 9.70. The van der Waals surface area contributed by atoms with Gasteiger partial charge in [-0.1, -0.05) is 66.7 Å². The van der Waals surface area contributed by atoms with E-state index in [1.807, 2.05) is 30.3 Å². The quantitative estimate of drug-likeness (QED) is 0.380. The highest BCUT2D eigenvalue weighted by molar-refractivity contribution is 5.70. The maximum atomic E-state index is 11.5. The van der Waals surface area contributed by atoms with Crippen LogP contribution in [0.5, 0.6) is 11.5 Å². The Kier molecular flexibility index (Phi) is 8.44. The van der Waals surface area contributed by atoms with Crippen molar-refractivity contribution in [3.05, 3.63) is 108 Å². The molecule has 0 radical (unpaired) electrons. The van der Waals surface area contributed by atoms with Crippen LogP contribution in [0.1, 0.15) is 29.5 Å². The van der Waals surface area contributed by atoms with Gasteiger partial charge in [-0.05, 0) is 66.8 Å². The number of rotatable bonds is 10. The van der Waals surface area contributed by atoms with Gasteiger partial charge < -0.3 is 14.6 Å². The van der Waals surface area contributed by atoms with Crippen molar-refractivity contribution in [1.82, 2.24) is 4.90 Å². The number of carboxylic acids is 1. The van der Waals surface area contributed by atoms with Crippen LogP contribution >= 0.6 is 0 Å². The van der Waals surface area contributed by atoms with Crippen LogP contribution in [0, 0.1) is 5.92 Å². The molecule has 1 aliphatic heterocycles. The third-order valence-corrected chi connectivity index (χ3v) is 7.16. The third kappa shape index (κ3) is 5.97. The van der Waals surface area contributed by atoms with Gasteiger partial charge in [0.25, 0.3) is 0 Å². The summed E-state index contributed by atoms with van der Waals surface area (Å²) >= 11 is 0. The molecular weight excluding hydrogens is 450 g/mol. The van der Waals surface area contributed by atoms with E-state index < -0.39 is 11.4 Å². The van der Waals surface area contributed by atoms with Crippen molar-refractivity contribution in [2.45, 2.75) is 24.7 Å². The molecule has 1 heterocycles. The first-order chi connectivity index (χ1) is 17.5. The Bertz CT molecular complexity index is 1090. The molecule has 1 aliphatic rings. The van der Waals surface area contributed by atoms with E-state index in [0.717, 1.165) is 48.4 Å². The number of hydrogen-bond donors (Lipinski definition) is 1. The fourth-order valence-corrected chi connectivity index (χ4v) is 5.14. The highest BCUT2D eigenvalue weighted by Crippen LogP contribution is 2.39. The highest BCUT2D eigenvalue weighted by Gasteiger charge is 2.32. The van der Waals surface area contributed by atoms with Gasteiger partial charge >= 0.3 is 5.97 Å². The predicted molar refractivity (Wildman–Crippen MR) is 143 cm³/mol. The van der Waals surface area contributed by atoms with Gasteiger partial charge in [0, 0.05) is 18.5 Å². The molecule has 0 spiro atoms. The Morgan fingerprint density at radius 3 is 2.06 bits per heavy atom. The number of aliphatic carboxylic acids is 1. The molecule has 5 heteroatoms. The van der Waals surface area contributed by atoms with Crippen LogP contribution in [0.2, 0.25) is 0 Å². The van der Waals surface area contributed by atoms with E-state index in [1.54, 1.807) is 14.2 Å². The average molecular weight is 486 g/mol. The highest BCUT2D eigenvalue weighted by atomic mass is 16.5. The van der Waals surface area contributed by atoms with E-state index in [1.165, 1.54) is 5.56 Å². The zero-order chi connectivity index (χ0) is 25.4. The average Bonchev–Trinajstić information content (AvgIpc) is 2.93. The number of methoxy groups -OCH3 is 2. The molecule has 0 amide bonds. The fourth-order valence-electron chi connectivity index (χ4n) is 5.14. The Morgan fingerprint density at radius 1 is 0.944 bits per heavy atom.